The normalized spacial score (nSPS) is 11.6. The summed E-state index contributed by atoms with van der Waals surface area (Å²) in [5.41, 5.74) is 2.78. The van der Waals surface area contributed by atoms with Crippen molar-refractivity contribution in [2.75, 3.05) is 5.32 Å². The molecule has 1 amide bonds. The number of benzene rings is 2. The molecule has 0 saturated heterocycles. The van der Waals surface area contributed by atoms with Crippen LogP contribution in [-0.2, 0) is 14.8 Å². The van der Waals surface area contributed by atoms with E-state index in [-0.39, 0.29) is 10.5 Å². The van der Waals surface area contributed by atoms with Gasteiger partial charge in [-0.3, -0.25) is 9.78 Å². The molecule has 0 spiro atoms. The van der Waals surface area contributed by atoms with Gasteiger partial charge in [0, 0.05) is 35.4 Å². The molecule has 0 fully saturated rings. The second-order valence-electron chi connectivity index (χ2n) is 7.15. The van der Waals surface area contributed by atoms with Gasteiger partial charge >= 0.3 is 0 Å². The number of hydrogen-bond donors (Lipinski definition) is 2. The Kier molecular flexibility index (Phi) is 6.31. The molecule has 9 nitrogen and oxygen atoms in total. The van der Waals surface area contributed by atoms with Crippen LogP contribution in [0.5, 0.6) is 0 Å². The maximum Gasteiger partial charge on any atom is 0.266 e. The molecule has 0 bridgehead atoms. The number of nitriles is 1. The number of pyridine rings is 1. The fourth-order valence-corrected chi connectivity index (χ4v) is 3.68. The van der Waals surface area contributed by atoms with Crippen molar-refractivity contribution < 1.29 is 13.2 Å². The van der Waals surface area contributed by atoms with E-state index in [4.69, 9.17) is 5.14 Å². The Hall–Kier alpha value is -4.59. The minimum Gasteiger partial charge on any atom is -0.321 e. The molecule has 34 heavy (non-hydrogen) atoms. The van der Waals surface area contributed by atoms with Gasteiger partial charge in [-0.05, 0) is 54.6 Å². The lowest BCUT2D eigenvalue weighted by molar-refractivity contribution is -0.112. The van der Waals surface area contributed by atoms with Gasteiger partial charge in [-0.2, -0.15) is 10.4 Å². The number of aromatic nitrogens is 3. The first kappa shape index (κ1) is 22.6. The summed E-state index contributed by atoms with van der Waals surface area (Å²) < 4.78 is 24.5. The fraction of sp³-hybridized carbons (Fsp3) is 0. The smallest absolute Gasteiger partial charge is 0.266 e. The van der Waals surface area contributed by atoms with Gasteiger partial charge in [-0.15, -0.1) is 0 Å². The summed E-state index contributed by atoms with van der Waals surface area (Å²) in [5.74, 6) is -0.657. The molecule has 2 aromatic heterocycles. The van der Waals surface area contributed by atoms with Gasteiger partial charge in [-0.25, -0.2) is 18.2 Å². The van der Waals surface area contributed by atoms with Crippen molar-refractivity contribution in [1.29, 1.82) is 5.26 Å². The van der Waals surface area contributed by atoms with E-state index in [0.717, 1.165) is 11.3 Å². The highest BCUT2D eigenvalue weighted by Gasteiger charge is 2.16. The van der Waals surface area contributed by atoms with Crippen molar-refractivity contribution in [3.05, 3.63) is 96.5 Å². The second kappa shape index (κ2) is 9.50. The van der Waals surface area contributed by atoms with Crippen LogP contribution in [0.25, 0.3) is 23.0 Å². The highest BCUT2D eigenvalue weighted by molar-refractivity contribution is 7.89. The van der Waals surface area contributed by atoms with E-state index < -0.39 is 15.9 Å². The molecular formula is C24H18N6O3S. The molecule has 2 heterocycles. The number of nitrogens with two attached hydrogens (primary N) is 1. The molecule has 168 valence electrons. The number of nitrogens with zero attached hydrogens (tertiary/aromatic N) is 4. The molecule has 2 aromatic carbocycles. The summed E-state index contributed by atoms with van der Waals surface area (Å²) in [6.45, 7) is 0. The number of hydrogen-bond acceptors (Lipinski definition) is 6. The summed E-state index contributed by atoms with van der Waals surface area (Å²) in [6, 6.07) is 20.3. The highest BCUT2D eigenvalue weighted by atomic mass is 32.2. The van der Waals surface area contributed by atoms with E-state index in [1.165, 1.54) is 30.3 Å². The van der Waals surface area contributed by atoms with Crippen molar-refractivity contribution in [1.82, 2.24) is 14.8 Å². The summed E-state index contributed by atoms with van der Waals surface area (Å²) in [4.78, 5) is 16.8. The molecule has 0 saturated carbocycles. The van der Waals surface area contributed by atoms with Gasteiger partial charge in [0.25, 0.3) is 5.91 Å². The Morgan fingerprint density at radius 1 is 1.06 bits per heavy atom. The molecule has 0 aliphatic rings. The summed E-state index contributed by atoms with van der Waals surface area (Å²) in [5, 5.41) is 22.0. The van der Waals surface area contributed by atoms with Gasteiger partial charge in [0.2, 0.25) is 10.0 Å². The fourth-order valence-electron chi connectivity index (χ4n) is 3.16. The van der Waals surface area contributed by atoms with E-state index in [9.17, 15) is 18.5 Å². The van der Waals surface area contributed by atoms with E-state index in [1.807, 2.05) is 42.5 Å². The second-order valence-corrected chi connectivity index (χ2v) is 8.71. The average Bonchev–Trinajstić information content (AvgIpc) is 3.27. The van der Waals surface area contributed by atoms with E-state index in [1.54, 1.807) is 29.3 Å². The van der Waals surface area contributed by atoms with Gasteiger partial charge < -0.3 is 5.32 Å². The lowest BCUT2D eigenvalue weighted by atomic mass is 10.1. The zero-order valence-electron chi connectivity index (χ0n) is 17.7. The van der Waals surface area contributed by atoms with Crippen LogP contribution in [0.3, 0.4) is 0 Å². The van der Waals surface area contributed by atoms with Crippen LogP contribution >= 0.6 is 0 Å². The molecule has 0 atom stereocenters. The van der Waals surface area contributed by atoms with Crippen LogP contribution in [0, 0.1) is 11.3 Å². The topological polar surface area (TPSA) is 144 Å². The minimum absolute atomic E-state index is 0.0870. The number of carbonyl (C=O) groups is 1. The van der Waals surface area contributed by atoms with Crippen molar-refractivity contribution in [2.24, 2.45) is 5.14 Å². The van der Waals surface area contributed by atoms with Crippen LogP contribution in [0.4, 0.5) is 5.69 Å². The first-order chi connectivity index (χ1) is 16.3. The Bertz CT molecular complexity index is 1500. The highest BCUT2D eigenvalue weighted by Crippen LogP contribution is 2.25. The number of carbonyl (C=O) groups excluding carboxylic acids is 1. The molecule has 0 aliphatic heterocycles. The van der Waals surface area contributed by atoms with Crippen LogP contribution in [0.1, 0.15) is 5.56 Å². The van der Waals surface area contributed by atoms with E-state index in [0.29, 0.717) is 16.9 Å². The number of sulfonamides is 1. The maximum atomic E-state index is 12.8. The van der Waals surface area contributed by atoms with Crippen molar-refractivity contribution in [3.8, 4) is 23.0 Å². The number of para-hydroxylation sites is 1. The first-order valence-corrected chi connectivity index (χ1v) is 11.5. The molecule has 3 N–H and O–H groups in total. The Morgan fingerprint density at radius 2 is 1.79 bits per heavy atom. The number of anilines is 1. The standard InChI is InChI=1S/C24H18N6O3S/c25-14-18(24(31)28-20-8-10-22(11-9-20)34(26,32)33)13-19-16-30(21-6-2-1-3-7-21)29-23(19)17-5-4-12-27-15-17/h1-13,15-16H,(H,28,31)(H2,26,32,33)/b18-13+. The minimum atomic E-state index is -3.85. The van der Waals surface area contributed by atoms with Crippen molar-refractivity contribution >= 4 is 27.7 Å². The lowest BCUT2D eigenvalue weighted by Gasteiger charge is -2.05. The Labute approximate surface area is 195 Å². The molecule has 0 aliphatic carbocycles. The Morgan fingerprint density at radius 3 is 2.41 bits per heavy atom. The Balaban J connectivity index is 1.69. The van der Waals surface area contributed by atoms with Crippen LogP contribution in [0.2, 0.25) is 0 Å². The quantitative estimate of drug-likeness (QED) is 0.327. The monoisotopic (exact) mass is 470 g/mol. The number of amides is 1. The van der Waals surface area contributed by atoms with Gasteiger partial charge in [-0.1, -0.05) is 18.2 Å². The predicted octanol–water partition coefficient (Wildman–Crippen LogP) is 3.13. The lowest BCUT2D eigenvalue weighted by Crippen LogP contribution is -2.14. The number of nitrogens with one attached hydrogen (secondary N) is 1. The van der Waals surface area contributed by atoms with E-state index in [2.05, 4.69) is 15.4 Å². The third-order valence-corrected chi connectivity index (χ3v) is 5.73. The van der Waals surface area contributed by atoms with Crippen LogP contribution < -0.4 is 10.5 Å². The zero-order chi connectivity index (χ0) is 24.1. The van der Waals surface area contributed by atoms with Crippen LogP contribution in [-0.4, -0.2) is 29.1 Å². The van der Waals surface area contributed by atoms with Crippen molar-refractivity contribution in [2.45, 2.75) is 4.90 Å². The summed E-state index contributed by atoms with van der Waals surface area (Å²) in [6.07, 6.45) is 6.46. The third-order valence-electron chi connectivity index (χ3n) is 4.80. The average molecular weight is 471 g/mol. The van der Waals surface area contributed by atoms with Crippen molar-refractivity contribution in [3.63, 3.8) is 0 Å². The molecular weight excluding hydrogens is 452 g/mol. The molecule has 4 rings (SSSR count). The summed E-state index contributed by atoms with van der Waals surface area (Å²) >= 11 is 0. The van der Waals surface area contributed by atoms with Crippen LogP contribution in [0.15, 0.2) is 95.8 Å². The first-order valence-electron chi connectivity index (χ1n) is 9.96. The number of rotatable bonds is 6. The number of primary sulfonamides is 1. The maximum absolute atomic E-state index is 12.8. The molecule has 10 heteroatoms. The molecule has 4 aromatic rings. The summed E-state index contributed by atoms with van der Waals surface area (Å²) in [7, 11) is -3.85. The largest absolute Gasteiger partial charge is 0.321 e. The van der Waals surface area contributed by atoms with E-state index >= 15 is 0 Å². The SMILES string of the molecule is N#C/C(=C\c1cn(-c2ccccc2)nc1-c1cccnc1)C(=O)Nc1ccc(S(N)(=O)=O)cc1. The molecule has 0 radical (unpaired) electrons. The predicted molar refractivity (Wildman–Crippen MR) is 127 cm³/mol. The third kappa shape index (κ3) is 5.07. The van der Waals surface area contributed by atoms with Gasteiger partial charge in [0.05, 0.1) is 10.6 Å². The van der Waals surface area contributed by atoms with Gasteiger partial charge in [0.1, 0.15) is 17.3 Å². The zero-order valence-corrected chi connectivity index (χ0v) is 18.5. The van der Waals surface area contributed by atoms with Gasteiger partial charge in [0.15, 0.2) is 0 Å². The molecule has 0 unspecified atom stereocenters.